The highest BCUT2D eigenvalue weighted by atomic mass is 79.9. The van der Waals surface area contributed by atoms with E-state index in [1.807, 2.05) is 0 Å². The first-order chi connectivity index (χ1) is 18.1. The molecule has 0 bridgehead atoms. The number of hydrogen-bond donors (Lipinski definition) is 4. The van der Waals surface area contributed by atoms with Crippen molar-refractivity contribution >= 4 is 87.3 Å². The summed E-state index contributed by atoms with van der Waals surface area (Å²) in [7, 11) is 0. The molecule has 0 heterocycles. The van der Waals surface area contributed by atoms with Crippen molar-refractivity contribution in [3.8, 4) is 11.5 Å². The van der Waals surface area contributed by atoms with Gasteiger partial charge in [0.2, 0.25) is 0 Å². The van der Waals surface area contributed by atoms with Crippen LogP contribution in [0.4, 0.5) is 0 Å². The van der Waals surface area contributed by atoms with E-state index in [4.69, 9.17) is 9.47 Å². The zero-order valence-electron chi connectivity index (χ0n) is 19.1. The van der Waals surface area contributed by atoms with Gasteiger partial charge in [-0.25, -0.2) is 0 Å². The normalized spacial score (nSPS) is 10.2. The number of hydrogen-bond acceptors (Lipinski definition) is 6. The Kier molecular flexibility index (Phi) is 11.1. The van der Waals surface area contributed by atoms with Gasteiger partial charge in [-0.3, -0.25) is 40.9 Å². The summed E-state index contributed by atoms with van der Waals surface area (Å²) in [5.74, 6) is -1.41. The average Bonchev–Trinajstić information content (AvgIpc) is 2.89. The number of carbonyl (C=O) groups is 4. The van der Waals surface area contributed by atoms with Gasteiger partial charge in [-0.15, -0.1) is 0 Å². The highest BCUT2D eigenvalue weighted by Gasteiger charge is 2.12. The molecule has 0 saturated heterocycles. The van der Waals surface area contributed by atoms with E-state index >= 15 is 0 Å². The third-order valence-corrected chi connectivity index (χ3v) is 6.77. The Morgan fingerprint density at radius 3 is 1.26 bits per heavy atom. The minimum absolute atomic E-state index is 0.191. The van der Waals surface area contributed by atoms with Crippen LogP contribution in [-0.4, -0.2) is 36.8 Å². The zero-order valence-corrected chi connectivity index (χ0v) is 25.5. The van der Waals surface area contributed by atoms with Crippen molar-refractivity contribution in [2.75, 3.05) is 13.2 Å². The van der Waals surface area contributed by atoms with Crippen molar-refractivity contribution in [3.05, 3.63) is 89.7 Å². The Labute approximate surface area is 250 Å². The quantitative estimate of drug-likeness (QED) is 0.251. The molecule has 0 aliphatic heterocycles. The van der Waals surface area contributed by atoms with Crippen LogP contribution < -0.4 is 31.2 Å². The smallest absolute Gasteiger partial charge is 0.276 e. The molecule has 0 aliphatic carbocycles. The molecule has 0 spiro atoms. The molecule has 14 heteroatoms. The summed E-state index contributed by atoms with van der Waals surface area (Å²) in [5.41, 5.74) is 9.42. The van der Waals surface area contributed by atoms with Crippen LogP contribution in [0.25, 0.3) is 0 Å². The SMILES string of the molecule is O=C(COc1ccc(Br)cc1Br)NNC(=O)c1ccc(C(=O)NNC(=O)COc2ccc(Br)cc2Br)cc1. The van der Waals surface area contributed by atoms with Gasteiger partial charge in [0.1, 0.15) is 11.5 Å². The second kappa shape index (κ2) is 14.3. The molecule has 0 aromatic heterocycles. The maximum Gasteiger partial charge on any atom is 0.276 e. The van der Waals surface area contributed by atoms with Gasteiger partial charge in [0.05, 0.1) is 8.95 Å². The van der Waals surface area contributed by atoms with Crippen LogP contribution in [0.15, 0.2) is 78.6 Å². The summed E-state index contributed by atoms with van der Waals surface area (Å²) in [5, 5.41) is 0. The van der Waals surface area contributed by atoms with Gasteiger partial charge in [0.15, 0.2) is 13.2 Å². The number of amides is 4. The summed E-state index contributed by atoms with van der Waals surface area (Å²) >= 11 is 13.3. The van der Waals surface area contributed by atoms with Crippen molar-refractivity contribution in [2.45, 2.75) is 0 Å². The molecule has 0 aliphatic rings. The van der Waals surface area contributed by atoms with Gasteiger partial charge in [-0.05, 0) is 92.5 Å². The van der Waals surface area contributed by atoms with Crippen LogP contribution in [0, 0.1) is 0 Å². The largest absolute Gasteiger partial charge is 0.483 e. The van der Waals surface area contributed by atoms with Crippen molar-refractivity contribution < 1.29 is 28.7 Å². The predicted molar refractivity (Wildman–Crippen MR) is 152 cm³/mol. The van der Waals surface area contributed by atoms with E-state index in [0.29, 0.717) is 20.4 Å². The molecule has 3 aromatic rings. The molecule has 38 heavy (non-hydrogen) atoms. The molecule has 4 amide bonds. The summed E-state index contributed by atoms with van der Waals surface area (Å²) < 4.78 is 13.8. The first-order valence-electron chi connectivity index (χ1n) is 10.6. The Morgan fingerprint density at radius 2 is 0.921 bits per heavy atom. The van der Waals surface area contributed by atoms with Crippen molar-refractivity contribution in [1.29, 1.82) is 0 Å². The summed E-state index contributed by atoms with van der Waals surface area (Å²) in [6.45, 7) is -0.645. The fourth-order valence-corrected chi connectivity index (χ4v) is 5.04. The van der Waals surface area contributed by atoms with Crippen LogP contribution in [0.2, 0.25) is 0 Å². The highest BCUT2D eigenvalue weighted by Crippen LogP contribution is 2.29. The van der Waals surface area contributed by atoms with Crippen LogP contribution in [0.5, 0.6) is 11.5 Å². The Bertz CT molecular complexity index is 1250. The first-order valence-corrected chi connectivity index (χ1v) is 13.7. The maximum absolute atomic E-state index is 12.3. The van der Waals surface area contributed by atoms with Crippen LogP contribution in [-0.2, 0) is 9.59 Å². The van der Waals surface area contributed by atoms with Crippen molar-refractivity contribution in [2.24, 2.45) is 0 Å². The lowest BCUT2D eigenvalue weighted by Gasteiger charge is -2.11. The number of ether oxygens (including phenoxy) is 2. The van der Waals surface area contributed by atoms with Crippen LogP contribution in [0.3, 0.4) is 0 Å². The highest BCUT2D eigenvalue weighted by molar-refractivity contribution is 9.11. The number of hydrazine groups is 2. The Balaban J connectivity index is 1.40. The lowest BCUT2D eigenvalue weighted by Crippen LogP contribution is -2.44. The zero-order chi connectivity index (χ0) is 27.7. The molecule has 0 unspecified atom stereocenters. The minimum atomic E-state index is -0.598. The fraction of sp³-hybridized carbons (Fsp3) is 0.0833. The second-order valence-corrected chi connectivity index (χ2v) is 10.8. The summed E-state index contributed by atoms with van der Waals surface area (Å²) in [6, 6.07) is 16.0. The molecule has 0 saturated carbocycles. The van der Waals surface area contributed by atoms with Crippen molar-refractivity contribution in [1.82, 2.24) is 21.7 Å². The molecule has 3 rings (SSSR count). The fourth-order valence-electron chi connectivity index (χ4n) is 2.71. The van der Waals surface area contributed by atoms with Gasteiger partial charge < -0.3 is 9.47 Å². The Hall–Kier alpha value is -2.94. The number of benzene rings is 3. The van der Waals surface area contributed by atoms with Crippen LogP contribution in [0.1, 0.15) is 20.7 Å². The van der Waals surface area contributed by atoms with Gasteiger partial charge in [-0.2, -0.15) is 0 Å². The molecule has 4 N–H and O–H groups in total. The van der Waals surface area contributed by atoms with E-state index in [9.17, 15) is 19.2 Å². The monoisotopic (exact) mass is 774 g/mol. The third kappa shape index (κ3) is 9.11. The van der Waals surface area contributed by atoms with Gasteiger partial charge in [0.25, 0.3) is 23.6 Å². The lowest BCUT2D eigenvalue weighted by atomic mass is 10.1. The van der Waals surface area contributed by atoms with E-state index in [-0.39, 0.29) is 24.3 Å². The van der Waals surface area contributed by atoms with E-state index in [1.165, 1.54) is 24.3 Å². The first kappa shape index (κ1) is 29.6. The topological polar surface area (TPSA) is 135 Å². The third-order valence-electron chi connectivity index (χ3n) is 4.55. The van der Waals surface area contributed by atoms with Crippen molar-refractivity contribution in [3.63, 3.8) is 0 Å². The maximum atomic E-state index is 12.3. The molecular weight excluding hydrogens is 760 g/mol. The number of rotatable bonds is 8. The molecule has 0 radical (unpaired) electrons. The number of halogens is 4. The number of nitrogens with one attached hydrogen (secondary N) is 4. The van der Waals surface area contributed by atoms with E-state index in [0.717, 1.165) is 8.95 Å². The molecule has 0 fully saturated rings. The molecule has 3 aromatic carbocycles. The number of carbonyl (C=O) groups excluding carboxylic acids is 4. The molecular formula is C24H18Br4N4O6. The second-order valence-electron chi connectivity index (χ2n) is 7.31. The van der Waals surface area contributed by atoms with E-state index in [1.54, 1.807) is 36.4 Å². The summed E-state index contributed by atoms with van der Waals surface area (Å²) in [6.07, 6.45) is 0. The van der Waals surface area contributed by atoms with Gasteiger partial charge >= 0.3 is 0 Å². The predicted octanol–water partition coefficient (Wildman–Crippen LogP) is 4.42. The van der Waals surface area contributed by atoms with E-state index in [2.05, 4.69) is 85.4 Å². The molecule has 198 valence electrons. The molecule has 10 nitrogen and oxygen atoms in total. The van der Waals surface area contributed by atoms with E-state index < -0.39 is 23.6 Å². The Morgan fingerprint density at radius 1 is 0.553 bits per heavy atom. The average molecular weight is 778 g/mol. The minimum Gasteiger partial charge on any atom is -0.483 e. The summed E-state index contributed by atoms with van der Waals surface area (Å²) in [4.78, 5) is 48.5. The molecule has 0 atom stereocenters. The van der Waals surface area contributed by atoms with Gasteiger partial charge in [0, 0.05) is 20.1 Å². The van der Waals surface area contributed by atoms with Gasteiger partial charge in [-0.1, -0.05) is 31.9 Å². The lowest BCUT2D eigenvalue weighted by molar-refractivity contribution is -0.124. The van der Waals surface area contributed by atoms with Crippen LogP contribution >= 0.6 is 63.7 Å². The standard InChI is InChI=1S/C24H18Br4N4O6/c25-15-5-7-19(17(27)9-15)37-11-21(33)29-31-23(35)13-1-2-14(4-3-13)24(36)32-30-22(34)12-38-20-8-6-16(26)10-18(20)28/h1-10H,11-12H2,(H,29,33)(H,30,34)(H,31,35)(H,32,36).